The highest BCUT2D eigenvalue weighted by molar-refractivity contribution is 9.10. The zero-order valence-electron chi connectivity index (χ0n) is 7.27. The first kappa shape index (κ1) is 9.45. The first-order valence-electron chi connectivity index (χ1n) is 3.64. The fourth-order valence-corrected chi connectivity index (χ4v) is 1.67. The van der Waals surface area contributed by atoms with Crippen LogP contribution >= 0.6 is 15.9 Å². The summed E-state index contributed by atoms with van der Waals surface area (Å²) in [5.41, 5.74) is 2.19. The molecule has 0 bridgehead atoms. The maximum absolute atomic E-state index is 9.51. The Kier molecular flexibility index (Phi) is 2.37. The van der Waals surface area contributed by atoms with Gasteiger partial charge in [-0.15, -0.1) is 0 Å². The summed E-state index contributed by atoms with van der Waals surface area (Å²) in [6.07, 6.45) is 0. The van der Waals surface area contributed by atoms with Crippen molar-refractivity contribution in [2.75, 3.05) is 0 Å². The number of aromatic hydroxyl groups is 2. The molecular weight excluding hydrogens is 219 g/mol. The Morgan fingerprint density at radius 3 is 2.08 bits per heavy atom. The third-order valence-corrected chi connectivity index (χ3v) is 3.14. The van der Waals surface area contributed by atoms with Crippen molar-refractivity contribution in [3.63, 3.8) is 0 Å². The molecule has 1 aromatic carbocycles. The van der Waals surface area contributed by atoms with Gasteiger partial charge in [0.1, 0.15) is 19.3 Å². The van der Waals surface area contributed by atoms with E-state index in [1.165, 1.54) is 0 Å². The maximum atomic E-state index is 9.51. The molecule has 0 spiro atoms. The Bertz CT molecular complexity index is 231. The highest BCUT2D eigenvalue weighted by Gasteiger charge is 2.13. The third kappa shape index (κ3) is 1.20. The molecule has 12 heavy (non-hydrogen) atoms. The van der Waals surface area contributed by atoms with Crippen LogP contribution in [0.5, 0.6) is 11.5 Å². The molecule has 0 fully saturated rings. The number of rotatable bonds is 0. The summed E-state index contributed by atoms with van der Waals surface area (Å²) < 4.78 is 0.662. The van der Waals surface area contributed by atoms with Crippen molar-refractivity contribution >= 4 is 29.2 Å². The highest BCUT2D eigenvalue weighted by atomic mass is 79.9. The minimum Gasteiger partial charge on any atom is -0.508 e. The van der Waals surface area contributed by atoms with E-state index in [1.54, 1.807) is 6.92 Å². The van der Waals surface area contributed by atoms with Crippen molar-refractivity contribution in [1.29, 1.82) is 0 Å². The van der Waals surface area contributed by atoms with Crippen molar-refractivity contribution in [1.82, 2.24) is 0 Å². The molecular formula is C8H10BBrO2. The standard InChI is InChI=1S/C8H10BBrO2/c1-3-5(9)7(11)4(2)8(12)6(3)10/h11-12H,9H2,1-2H3. The van der Waals surface area contributed by atoms with Crippen molar-refractivity contribution in [3.8, 4) is 11.5 Å². The van der Waals surface area contributed by atoms with Crippen LogP contribution in [0, 0.1) is 13.8 Å². The predicted molar refractivity (Wildman–Crippen MR) is 55.1 cm³/mol. The van der Waals surface area contributed by atoms with Gasteiger partial charge >= 0.3 is 0 Å². The molecule has 1 aromatic rings. The molecule has 0 saturated heterocycles. The molecule has 0 atom stereocenters. The normalized spacial score (nSPS) is 10.2. The van der Waals surface area contributed by atoms with Gasteiger partial charge in [-0.3, -0.25) is 0 Å². The van der Waals surface area contributed by atoms with Crippen LogP contribution in [0.15, 0.2) is 4.47 Å². The second kappa shape index (κ2) is 3.01. The van der Waals surface area contributed by atoms with Gasteiger partial charge in [0.25, 0.3) is 0 Å². The average molecular weight is 229 g/mol. The average Bonchev–Trinajstić information content (AvgIpc) is 2.08. The van der Waals surface area contributed by atoms with Crippen molar-refractivity contribution in [3.05, 3.63) is 15.6 Å². The topological polar surface area (TPSA) is 40.5 Å². The second-order valence-corrected chi connectivity index (χ2v) is 3.68. The van der Waals surface area contributed by atoms with E-state index in [-0.39, 0.29) is 11.5 Å². The van der Waals surface area contributed by atoms with Gasteiger partial charge in [0.2, 0.25) is 0 Å². The van der Waals surface area contributed by atoms with E-state index in [1.807, 2.05) is 14.8 Å². The quantitative estimate of drug-likeness (QED) is 0.644. The summed E-state index contributed by atoms with van der Waals surface area (Å²) in [6, 6.07) is 0. The van der Waals surface area contributed by atoms with Crippen molar-refractivity contribution in [2.45, 2.75) is 13.8 Å². The van der Waals surface area contributed by atoms with E-state index < -0.39 is 0 Å². The molecule has 0 saturated carbocycles. The Labute approximate surface area is 80.8 Å². The largest absolute Gasteiger partial charge is 0.508 e. The fraction of sp³-hybridized carbons (Fsp3) is 0.250. The van der Waals surface area contributed by atoms with Crippen LogP contribution < -0.4 is 5.46 Å². The number of hydrogen-bond donors (Lipinski definition) is 2. The highest BCUT2D eigenvalue weighted by Crippen LogP contribution is 2.34. The maximum Gasteiger partial charge on any atom is 0.144 e. The first-order chi connectivity index (χ1) is 5.46. The number of phenols is 2. The molecule has 0 aromatic heterocycles. The lowest BCUT2D eigenvalue weighted by Crippen LogP contribution is -2.10. The lowest BCUT2D eigenvalue weighted by Gasteiger charge is -2.11. The van der Waals surface area contributed by atoms with Crippen molar-refractivity contribution in [2.24, 2.45) is 0 Å². The molecule has 0 radical (unpaired) electrons. The molecule has 2 N–H and O–H groups in total. The number of hydrogen-bond acceptors (Lipinski definition) is 2. The second-order valence-electron chi connectivity index (χ2n) is 2.89. The van der Waals surface area contributed by atoms with Gasteiger partial charge in [0.15, 0.2) is 0 Å². The SMILES string of the molecule is Bc1c(C)c(Br)c(O)c(C)c1O. The van der Waals surface area contributed by atoms with E-state index in [9.17, 15) is 10.2 Å². The monoisotopic (exact) mass is 228 g/mol. The molecule has 0 amide bonds. The molecule has 0 aliphatic carbocycles. The van der Waals surface area contributed by atoms with Crippen LogP contribution in [0.2, 0.25) is 0 Å². The van der Waals surface area contributed by atoms with Gasteiger partial charge in [-0.2, -0.15) is 0 Å². The van der Waals surface area contributed by atoms with Crippen LogP contribution in [0.4, 0.5) is 0 Å². The lowest BCUT2D eigenvalue weighted by molar-refractivity contribution is 0.443. The predicted octanol–water partition coefficient (Wildman–Crippen LogP) is 0.736. The third-order valence-electron chi connectivity index (χ3n) is 2.17. The van der Waals surface area contributed by atoms with Crippen LogP contribution in [-0.4, -0.2) is 18.1 Å². The number of benzene rings is 1. The van der Waals surface area contributed by atoms with Gasteiger partial charge in [0.05, 0.1) is 4.47 Å². The summed E-state index contributed by atoms with van der Waals surface area (Å²) in [5.74, 6) is 0.295. The van der Waals surface area contributed by atoms with Gasteiger partial charge in [-0.1, -0.05) is 0 Å². The molecule has 2 nitrogen and oxygen atoms in total. The zero-order valence-corrected chi connectivity index (χ0v) is 8.86. The van der Waals surface area contributed by atoms with Gasteiger partial charge in [-0.05, 0) is 40.8 Å². The zero-order chi connectivity index (χ0) is 9.46. The Morgan fingerprint density at radius 1 is 1.08 bits per heavy atom. The summed E-state index contributed by atoms with van der Waals surface area (Å²) >= 11 is 3.25. The number of halogens is 1. The molecule has 64 valence electrons. The molecule has 0 aliphatic rings. The summed E-state index contributed by atoms with van der Waals surface area (Å²) in [4.78, 5) is 0. The summed E-state index contributed by atoms with van der Waals surface area (Å²) in [6.45, 7) is 3.53. The minimum absolute atomic E-state index is 0.121. The first-order valence-corrected chi connectivity index (χ1v) is 4.43. The van der Waals surface area contributed by atoms with E-state index in [2.05, 4.69) is 15.9 Å². The Balaban J connectivity index is 3.60. The van der Waals surface area contributed by atoms with Crippen LogP contribution in [0.25, 0.3) is 0 Å². The minimum atomic E-state index is 0.121. The molecule has 0 aliphatic heterocycles. The van der Waals surface area contributed by atoms with Crippen LogP contribution in [0.3, 0.4) is 0 Å². The molecule has 0 heterocycles. The van der Waals surface area contributed by atoms with Crippen molar-refractivity contribution < 1.29 is 10.2 Å². The molecule has 4 heteroatoms. The lowest BCUT2D eigenvalue weighted by atomic mass is 9.88. The fourth-order valence-electron chi connectivity index (χ4n) is 1.08. The smallest absolute Gasteiger partial charge is 0.144 e. The van der Waals surface area contributed by atoms with Gasteiger partial charge in [0, 0.05) is 5.56 Å². The van der Waals surface area contributed by atoms with E-state index in [4.69, 9.17) is 0 Å². The Hall–Kier alpha value is -0.635. The molecule has 1 rings (SSSR count). The van der Waals surface area contributed by atoms with E-state index in [0.29, 0.717) is 10.0 Å². The number of phenolic OH excluding ortho intramolecular Hbond substituents is 2. The van der Waals surface area contributed by atoms with E-state index >= 15 is 0 Å². The van der Waals surface area contributed by atoms with Gasteiger partial charge < -0.3 is 10.2 Å². The summed E-state index contributed by atoms with van der Waals surface area (Å²) in [7, 11) is 1.82. The Morgan fingerprint density at radius 2 is 1.58 bits per heavy atom. The molecule has 0 unspecified atom stereocenters. The van der Waals surface area contributed by atoms with Crippen LogP contribution in [0.1, 0.15) is 11.1 Å². The summed E-state index contributed by atoms with van der Waals surface area (Å²) in [5, 5.41) is 19.0. The van der Waals surface area contributed by atoms with Crippen LogP contribution in [-0.2, 0) is 0 Å². The van der Waals surface area contributed by atoms with Gasteiger partial charge in [-0.25, -0.2) is 0 Å². The van der Waals surface area contributed by atoms with E-state index in [0.717, 1.165) is 11.0 Å².